The van der Waals surface area contributed by atoms with Gasteiger partial charge >= 0.3 is 0 Å². The number of aromatic nitrogens is 3. The Kier molecular flexibility index (Phi) is 5.66. The fourth-order valence-electron chi connectivity index (χ4n) is 2.44. The van der Waals surface area contributed by atoms with Crippen LogP contribution in [-0.2, 0) is 4.79 Å². The van der Waals surface area contributed by atoms with E-state index in [0.29, 0.717) is 11.0 Å². The van der Waals surface area contributed by atoms with Gasteiger partial charge in [-0.05, 0) is 31.2 Å². The maximum absolute atomic E-state index is 12.5. The van der Waals surface area contributed by atoms with Crippen molar-refractivity contribution in [3.05, 3.63) is 54.6 Å². The summed E-state index contributed by atoms with van der Waals surface area (Å²) in [7, 11) is 3.94. The van der Waals surface area contributed by atoms with Crippen LogP contribution in [0.2, 0.25) is 0 Å². The minimum absolute atomic E-state index is 0.123. The summed E-state index contributed by atoms with van der Waals surface area (Å²) in [6, 6.07) is 17.2. The lowest BCUT2D eigenvalue weighted by Gasteiger charge is -2.14. The summed E-state index contributed by atoms with van der Waals surface area (Å²) < 4.78 is 1.41. The van der Waals surface area contributed by atoms with E-state index in [9.17, 15) is 4.79 Å². The molecular formula is C19H22N6OS. The summed E-state index contributed by atoms with van der Waals surface area (Å²) in [4.78, 5) is 14.5. The molecule has 27 heavy (non-hydrogen) atoms. The molecule has 0 saturated carbocycles. The molecule has 8 heteroatoms. The second-order valence-corrected chi connectivity index (χ2v) is 7.54. The zero-order valence-electron chi connectivity index (χ0n) is 15.5. The number of amides is 1. The maximum atomic E-state index is 12.5. The molecule has 3 rings (SSSR count). The third kappa shape index (κ3) is 4.40. The largest absolute Gasteiger partial charge is 0.378 e. The molecule has 1 unspecified atom stereocenters. The van der Waals surface area contributed by atoms with E-state index in [4.69, 9.17) is 5.84 Å². The van der Waals surface area contributed by atoms with Crippen LogP contribution in [-0.4, -0.2) is 40.1 Å². The van der Waals surface area contributed by atoms with Gasteiger partial charge in [0, 0.05) is 31.0 Å². The molecule has 0 aliphatic carbocycles. The van der Waals surface area contributed by atoms with Crippen molar-refractivity contribution in [1.29, 1.82) is 0 Å². The number of rotatable bonds is 6. The first-order valence-electron chi connectivity index (χ1n) is 8.46. The van der Waals surface area contributed by atoms with Crippen molar-refractivity contribution in [2.75, 3.05) is 30.2 Å². The van der Waals surface area contributed by atoms with Crippen LogP contribution < -0.4 is 16.1 Å². The average Bonchev–Trinajstić information content (AvgIpc) is 3.03. The van der Waals surface area contributed by atoms with Crippen LogP contribution in [0, 0.1) is 0 Å². The number of nitrogens with zero attached hydrogens (tertiary/aromatic N) is 4. The molecule has 0 bridgehead atoms. The summed E-state index contributed by atoms with van der Waals surface area (Å²) in [6.07, 6.45) is 0. The fraction of sp³-hybridized carbons (Fsp3) is 0.211. The molecule has 0 aliphatic heterocycles. The van der Waals surface area contributed by atoms with Gasteiger partial charge in [-0.15, -0.1) is 10.2 Å². The Hall–Kier alpha value is -3.00. The third-order valence-corrected chi connectivity index (χ3v) is 5.06. The Morgan fingerprint density at radius 3 is 2.41 bits per heavy atom. The Bertz CT molecular complexity index is 908. The number of nitrogen functional groups attached to an aromatic ring is 1. The fourth-order valence-corrected chi connectivity index (χ4v) is 3.21. The summed E-state index contributed by atoms with van der Waals surface area (Å²) in [5.41, 5.74) is 2.69. The molecule has 2 aromatic carbocycles. The number of nitrogens with one attached hydrogen (secondary N) is 1. The molecule has 1 aromatic heterocycles. The van der Waals surface area contributed by atoms with Gasteiger partial charge in [0.1, 0.15) is 0 Å². The highest BCUT2D eigenvalue weighted by Gasteiger charge is 2.20. The Morgan fingerprint density at radius 1 is 1.11 bits per heavy atom. The Balaban J connectivity index is 1.65. The lowest BCUT2D eigenvalue weighted by Crippen LogP contribution is -2.23. The van der Waals surface area contributed by atoms with Gasteiger partial charge in [0.15, 0.2) is 5.82 Å². The van der Waals surface area contributed by atoms with E-state index < -0.39 is 0 Å². The van der Waals surface area contributed by atoms with E-state index in [1.807, 2.05) is 80.5 Å². The van der Waals surface area contributed by atoms with Crippen LogP contribution in [0.25, 0.3) is 11.4 Å². The van der Waals surface area contributed by atoms with Crippen LogP contribution in [0.5, 0.6) is 0 Å². The zero-order valence-corrected chi connectivity index (χ0v) is 16.3. The number of hydrogen-bond acceptors (Lipinski definition) is 6. The van der Waals surface area contributed by atoms with Gasteiger partial charge in [0.2, 0.25) is 11.1 Å². The SMILES string of the molecule is CC(Sc1nnc(-c2ccccc2)n1N)C(=O)Nc1ccc(N(C)C)cc1. The summed E-state index contributed by atoms with van der Waals surface area (Å²) in [5.74, 6) is 6.55. The van der Waals surface area contributed by atoms with Crippen molar-refractivity contribution in [2.24, 2.45) is 0 Å². The molecule has 3 N–H and O–H groups in total. The second-order valence-electron chi connectivity index (χ2n) is 6.23. The highest BCUT2D eigenvalue weighted by atomic mass is 32.2. The first-order chi connectivity index (χ1) is 13.0. The van der Waals surface area contributed by atoms with Crippen molar-refractivity contribution in [2.45, 2.75) is 17.3 Å². The van der Waals surface area contributed by atoms with Gasteiger partial charge in [-0.1, -0.05) is 42.1 Å². The number of carbonyl (C=O) groups excluding carboxylic acids is 1. The summed E-state index contributed by atoms with van der Waals surface area (Å²) in [6.45, 7) is 1.81. The normalized spacial score (nSPS) is 11.8. The van der Waals surface area contributed by atoms with Gasteiger partial charge < -0.3 is 16.1 Å². The van der Waals surface area contributed by atoms with E-state index in [2.05, 4.69) is 15.5 Å². The Labute approximate surface area is 162 Å². The number of anilines is 2. The third-order valence-electron chi connectivity index (χ3n) is 4.00. The van der Waals surface area contributed by atoms with E-state index in [1.54, 1.807) is 0 Å². The van der Waals surface area contributed by atoms with Crippen molar-refractivity contribution in [3.8, 4) is 11.4 Å². The first kappa shape index (κ1) is 18.8. The van der Waals surface area contributed by atoms with E-state index in [-0.39, 0.29) is 11.2 Å². The number of thioether (sulfide) groups is 1. The first-order valence-corrected chi connectivity index (χ1v) is 9.34. The average molecular weight is 382 g/mol. The molecule has 1 heterocycles. The van der Waals surface area contributed by atoms with Crippen LogP contribution in [0.4, 0.5) is 11.4 Å². The van der Waals surface area contributed by atoms with Crippen molar-refractivity contribution in [3.63, 3.8) is 0 Å². The van der Waals surface area contributed by atoms with Crippen LogP contribution in [0.1, 0.15) is 6.92 Å². The number of hydrogen-bond donors (Lipinski definition) is 2. The predicted molar refractivity (Wildman–Crippen MR) is 110 cm³/mol. The topological polar surface area (TPSA) is 89.1 Å². The van der Waals surface area contributed by atoms with Gasteiger partial charge in [-0.2, -0.15) is 0 Å². The van der Waals surface area contributed by atoms with E-state index in [1.165, 1.54) is 16.4 Å². The molecular weight excluding hydrogens is 360 g/mol. The quantitative estimate of drug-likeness (QED) is 0.503. The number of benzene rings is 2. The van der Waals surface area contributed by atoms with Crippen LogP contribution in [0.15, 0.2) is 59.8 Å². The highest BCUT2D eigenvalue weighted by Crippen LogP contribution is 2.25. The predicted octanol–water partition coefficient (Wildman–Crippen LogP) is 2.84. The minimum Gasteiger partial charge on any atom is -0.378 e. The zero-order chi connectivity index (χ0) is 19.4. The smallest absolute Gasteiger partial charge is 0.237 e. The summed E-state index contributed by atoms with van der Waals surface area (Å²) >= 11 is 1.27. The Morgan fingerprint density at radius 2 is 1.78 bits per heavy atom. The van der Waals surface area contributed by atoms with Gasteiger partial charge in [0.05, 0.1) is 5.25 Å². The molecule has 0 radical (unpaired) electrons. The lowest BCUT2D eigenvalue weighted by atomic mass is 10.2. The minimum atomic E-state index is -0.381. The van der Waals surface area contributed by atoms with Crippen molar-refractivity contribution < 1.29 is 4.79 Å². The molecule has 0 aliphatic rings. The molecule has 140 valence electrons. The highest BCUT2D eigenvalue weighted by molar-refractivity contribution is 8.00. The summed E-state index contributed by atoms with van der Waals surface area (Å²) in [5, 5.41) is 11.3. The molecule has 7 nitrogen and oxygen atoms in total. The number of carbonyl (C=O) groups is 1. The molecule has 0 spiro atoms. The van der Waals surface area contributed by atoms with Crippen LogP contribution >= 0.6 is 11.8 Å². The van der Waals surface area contributed by atoms with Crippen molar-refractivity contribution in [1.82, 2.24) is 14.9 Å². The lowest BCUT2D eigenvalue weighted by molar-refractivity contribution is -0.115. The second kappa shape index (κ2) is 8.13. The van der Waals surface area contributed by atoms with Crippen LogP contribution in [0.3, 0.4) is 0 Å². The molecule has 3 aromatic rings. The van der Waals surface area contributed by atoms with Crippen molar-refractivity contribution >= 4 is 29.0 Å². The van der Waals surface area contributed by atoms with E-state index in [0.717, 1.165) is 16.9 Å². The van der Waals surface area contributed by atoms with E-state index >= 15 is 0 Å². The van der Waals surface area contributed by atoms with Gasteiger partial charge in [-0.25, -0.2) is 4.68 Å². The molecule has 0 fully saturated rings. The maximum Gasteiger partial charge on any atom is 0.237 e. The van der Waals surface area contributed by atoms with Gasteiger partial charge in [0.25, 0.3) is 0 Å². The number of nitrogens with two attached hydrogens (primary N) is 1. The standard InChI is InChI=1S/C19H22N6OS/c1-13(18(26)21-15-9-11-16(12-10-15)24(2)3)27-19-23-22-17(25(19)20)14-7-5-4-6-8-14/h4-13H,20H2,1-3H3,(H,21,26). The van der Waals surface area contributed by atoms with Gasteiger partial charge in [-0.3, -0.25) is 4.79 Å². The molecule has 1 amide bonds. The molecule has 0 saturated heterocycles. The monoisotopic (exact) mass is 382 g/mol. The molecule has 1 atom stereocenters.